The lowest BCUT2D eigenvalue weighted by atomic mass is 9.89. The van der Waals surface area contributed by atoms with Crippen molar-refractivity contribution in [3.05, 3.63) is 64.7 Å². The molecule has 0 aliphatic carbocycles. The summed E-state index contributed by atoms with van der Waals surface area (Å²) in [5.41, 5.74) is 0.0237. The molecule has 0 bridgehead atoms. The van der Waals surface area contributed by atoms with Gasteiger partial charge in [0.2, 0.25) is 5.91 Å². The number of nitrogens with zero attached hydrogens (tertiary/aromatic N) is 1. The Morgan fingerprint density at radius 1 is 1.09 bits per heavy atom. The van der Waals surface area contributed by atoms with Gasteiger partial charge < -0.3 is 10.2 Å². The van der Waals surface area contributed by atoms with E-state index in [1.165, 1.54) is 30.3 Å². The van der Waals surface area contributed by atoms with Crippen molar-refractivity contribution in [2.24, 2.45) is 5.92 Å². The Hall–Kier alpha value is -2.26. The minimum absolute atomic E-state index is 0.201. The van der Waals surface area contributed by atoms with Gasteiger partial charge in [0.25, 0.3) is 0 Å². The maximum Gasteiger partial charge on any atom is 0.416 e. The number of carbonyl (C=O) groups is 1. The van der Waals surface area contributed by atoms with Crippen molar-refractivity contribution in [3.8, 4) is 0 Å². The highest BCUT2D eigenvalue weighted by Gasteiger charge is 2.42. The van der Waals surface area contributed by atoms with Crippen molar-refractivity contribution >= 4 is 23.2 Å². The zero-order valence-electron chi connectivity index (χ0n) is 17.5. The standard InChI is InChI=1S/C23H23ClF6N2O/c24-19-6-8-20(9-7-19)31-21(33)12-18(23(28,29)30)14-32-10-2-4-16(13-32)15-3-1-5-17(11-15)22(25,26)27/h1,3,5-9,11,16,18H,2,4,10,12-14H2,(H,31,33). The molecule has 1 N–H and O–H groups in total. The number of alkyl halides is 6. The van der Waals surface area contributed by atoms with Crippen molar-refractivity contribution < 1.29 is 31.1 Å². The molecular weight excluding hydrogens is 470 g/mol. The zero-order valence-corrected chi connectivity index (χ0v) is 18.3. The number of nitrogens with one attached hydrogen (secondary N) is 1. The van der Waals surface area contributed by atoms with Crippen molar-refractivity contribution in [3.63, 3.8) is 0 Å². The second-order valence-corrected chi connectivity index (χ2v) is 8.66. The molecule has 0 spiro atoms. The molecule has 1 saturated heterocycles. The first kappa shape index (κ1) is 25.4. The third kappa shape index (κ3) is 7.37. The predicted octanol–water partition coefficient (Wildman–Crippen LogP) is 6.75. The van der Waals surface area contributed by atoms with E-state index in [4.69, 9.17) is 11.6 Å². The molecule has 1 fully saturated rings. The quantitative estimate of drug-likeness (QED) is 0.453. The summed E-state index contributed by atoms with van der Waals surface area (Å²) in [4.78, 5) is 13.8. The van der Waals surface area contributed by atoms with E-state index in [0.717, 1.165) is 12.1 Å². The van der Waals surface area contributed by atoms with Crippen LogP contribution in [0.15, 0.2) is 48.5 Å². The van der Waals surface area contributed by atoms with Gasteiger partial charge in [-0.15, -0.1) is 0 Å². The molecule has 0 saturated carbocycles. The first-order valence-electron chi connectivity index (χ1n) is 10.4. The molecule has 1 heterocycles. The van der Waals surface area contributed by atoms with E-state index < -0.39 is 42.7 Å². The highest BCUT2D eigenvalue weighted by atomic mass is 35.5. The third-order valence-electron chi connectivity index (χ3n) is 5.69. The summed E-state index contributed by atoms with van der Waals surface area (Å²) in [6, 6.07) is 10.9. The Morgan fingerprint density at radius 3 is 2.42 bits per heavy atom. The van der Waals surface area contributed by atoms with Crippen LogP contribution in [0.4, 0.5) is 32.0 Å². The van der Waals surface area contributed by atoms with Gasteiger partial charge in [-0.1, -0.05) is 29.8 Å². The monoisotopic (exact) mass is 492 g/mol. The maximum atomic E-state index is 13.7. The number of carbonyl (C=O) groups excluding carboxylic acids is 1. The van der Waals surface area contributed by atoms with Crippen LogP contribution in [0, 0.1) is 5.92 Å². The highest BCUT2D eigenvalue weighted by Crippen LogP contribution is 2.35. The summed E-state index contributed by atoms with van der Waals surface area (Å²) in [5.74, 6) is -2.98. The van der Waals surface area contributed by atoms with Crippen molar-refractivity contribution in [1.82, 2.24) is 4.90 Å². The summed E-state index contributed by atoms with van der Waals surface area (Å²) in [5, 5.41) is 2.87. The molecule has 0 aromatic heterocycles. The van der Waals surface area contributed by atoms with Gasteiger partial charge in [0.05, 0.1) is 11.5 Å². The van der Waals surface area contributed by atoms with E-state index in [1.807, 2.05) is 0 Å². The van der Waals surface area contributed by atoms with Gasteiger partial charge in [0.15, 0.2) is 0 Å². The van der Waals surface area contributed by atoms with Gasteiger partial charge >= 0.3 is 12.4 Å². The molecule has 1 amide bonds. The van der Waals surface area contributed by atoms with Crippen LogP contribution in [0.5, 0.6) is 0 Å². The fraction of sp³-hybridized carbons (Fsp3) is 0.435. The Labute approximate surface area is 192 Å². The van der Waals surface area contributed by atoms with Crippen LogP contribution in [0.1, 0.15) is 36.3 Å². The molecule has 180 valence electrons. The zero-order chi connectivity index (χ0) is 24.2. The lowest BCUT2D eigenvalue weighted by Gasteiger charge is -2.35. The van der Waals surface area contributed by atoms with E-state index in [2.05, 4.69) is 5.32 Å². The second kappa shape index (κ2) is 10.3. The number of anilines is 1. The molecule has 2 aromatic rings. The smallest absolute Gasteiger partial charge is 0.326 e. The number of rotatable bonds is 6. The molecule has 2 atom stereocenters. The van der Waals surface area contributed by atoms with E-state index in [9.17, 15) is 31.1 Å². The summed E-state index contributed by atoms with van der Waals surface area (Å²) >= 11 is 5.77. The molecule has 1 aliphatic heterocycles. The molecule has 3 rings (SSSR count). The number of hydrogen-bond donors (Lipinski definition) is 1. The summed E-state index contributed by atoms with van der Waals surface area (Å²) in [6.07, 6.45) is -8.69. The van der Waals surface area contributed by atoms with Crippen LogP contribution in [0.2, 0.25) is 5.02 Å². The molecule has 3 nitrogen and oxygen atoms in total. The van der Waals surface area contributed by atoms with Gasteiger partial charge in [-0.05, 0) is 61.2 Å². The average Bonchev–Trinajstić information content (AvgIpc) is 2.74. The summed E-state index contributed by atoms with van der Waals surface area (Å²) < 4.78 is 80.1. The van der Waals surface area contributed by atoms with Gasteiger partial charge in [0.1, 0.15) is 0 Å². The Kier molecular flexibility index (Phi) is 7.95. The normalized spacial score (nSPS) is 18.7. The number of amides is 1. The van der Waals surface area contributed by atoms with E-state index in [-0.39, 0.29) is 12.5 Å². The van der Waals surface area contributed by atoms with Crippen LogP contribution in [0.3, 0.4) is 0 Å². The van der Waals surface area contributed by atoms with Gasteiger partial charge in [-0.3, -0.25) is 4.79 Å². The summed E-state index contributed by atoms with van der Waals surface area (Å²) in [6.45, 7) is 0.195. The maximum absolute atomic E-state index is 13.7. The van der Waals surface area contributed by atoms with Crippen LogP contribution < -0.4 is 5.32 Å². The first-order valence-corrected chi connectivity index (χ1v) is 10.8. The van der Waals surface area contributed by atoms with E-state index in [1.54, 1.807) is 11.0 Å². The minimum Gasteiger partial charge on any atom is -0.326 e. The first-order chi connectivity index (χ1) is 15.4. The molecule has 2 aromatic carbocycles. The van der Waals surface area contributed by atoms with Crippen LogP contribution in [-0.2, 0) is 11.0 Å². The number of halogens is 7. The third-order valence-corrected chi connectivity index (χ3v) is 5.94. The minimum atomic E-state index is -4.60. The molecular formula is C23H23ClF6N2O. The molecule has 0 radical (unpaired) electrons. The molecule has 1 aliphatic rings. The Morgan fingerprint density at radius 2 is 1.79 bits per heavy atom. The number of benzene rings is 2. The fourth-order valence-electron chi connectivity index (χ4n) is 4.03. The van der Waals surface area contributed by atoms with Crippen molar-refractivity contribution in [1.29, 1.82) is 0 Å². The topological polar surface area (TPSA) is 32.3 Å². The van der Waals surface area contributed by atoms with Crippen molar-refractivity contribution in [2.75, 3.05) is 25.0 Å². The van der Waals surface area contributed by atoms with Crippen LogP contribution in [0.25, 0.3) is 0 Å². The number of likely N-dealkylation sites (tertiary alicyclic amines) is 1. The average molecular weight is 493 g/mol. The van der Waals surface area contributed by atoms with Gasteiger partial charge in [0, 0.05) is 30.2 Å². The van der Waals surface area contributed by atoms with E-state index >= 15 is 0 Å². The van der Waals surface area contributed by atoms with E-state index in [0.29, 0.717) is 35.7 Å². The fourth-order valence-corrected chi connectivity index (χ4v) is 4.15. The van der Waals surface area contributed by atoms with Crippen LogP contribution >= 0.6 is 11.6 Å². The Balaban J connectivity index is 1.65. The second-order valence-electron chi connectivity index (χ2n) is 8.22. The predicted molar refractivity (Wildman–Crippen MR) is 114 cm³/mol. The molecule has 2 unspecified atom stereocenters. The Bertz CT molecular complexity index is 945. The van der Waals surface area contributed by atoms with Gasteiger partial charge in [-0.25, -0.2) is 0 Å². The SMILES string of the molecule is O=C(CC(CN1CCCC(c2cccc(C(F)(F)F)c2)C1)C(F)(F)F)Nc1ccc(Cl)cc1. The molecule has 33 heavy (non-hydrogen) atoms. The lowest BCUT2D eigenvalue weighted by Crippen LogP contribution is -2.42. The lowest BCUT2D eigenvalue weighted by molar-refractivity contribution is -0.183. The summed E-state index contributed by atoms with van der Waals surface area (Å²) in [7, 11) is 0. The number of piperidine rings is 1. The van der Waals surface area contributed by atoms with Crippen molar-refractivity contribution in [2.45, 2.75) is 37.5 Å². The largest absolute Gasteiger partial charge is 0.416 e. The van der Waals surface area contributed by atoms with Crippen LogP contribution in [-0.4, -0.2) is 36.6 Å². The highest BCUT2D eigenvalue weighted by molar-refractivity contribution is 6.30. The molecule has 10 heteroatoms. The van der Waals surface area contributed by atoms with Gasteiger partial charge in [-0.2, -0.15) is 26.3 Å². The number of hydrogen-bond acceptors (Lipinski definition) is 2.